The molecule has 1 aromatic heterocycles. The van der Waals surface area contributed by atoms with Crippen LogP contribution in [0.4, 0.5) is 10.5 Å². The Labute approximate surface area is 248 Å². The van der Waals surface area contributed by atoms with Crippen LogP contribution in [0.25, 0.3) is 5.70 Å². The predicted molar refractivity (Wildman–Crippen MR) is 159 cm³/mol. The molecule has 12 heteroatoms. The highest BCUT2D eigenvalue weighted by atomic mass is 32.1. The number of nitrogens with one attached hydrogen (secondary N) is 2. The number of Topliss-reactive ketones (excluding diaryl/α,β-unsaturated/α-hetero) is 1. The van der Waals surface area contributed by atoms with Crippen molar-refractivity contribution in [1.82, 2.24) is 20.2 Å². The summed E-state index contributed by atoms with van der Waals surface area (Å²) in [6, 6.07) is 8.76. The van der Waals surface area contributed by atoms with E-state index in [1.807, 2.05) is 29.2 Å². The van der Waals surface area contributed by atoms with E-state index in [2.05, 4.69) is 25.9 Å². The van der Waals surface area contributed by atoms with Crippen LogP contribution in [0.5, 0.6) is 0 Å². The summed E-state index contributed by atoms with van der Waals surface area (Å²) >= 11 is 1.36. The summed E-state index contributed by atoms with van der Waals surface area (Å²) in [6.07, 6.45) is 5.92. The minimum absolute atomic E-state index is 0.0410. The maximum absolute atomic E-state index is 13.8. The number of rotatable bonds is 5. The maximum Gasteiger partial charge on any atom is 0.333 e. The van der Waals surface area contributed by atoms with Gasteiger partial charge in [-0.25, -0.2) is 9.80 Å². The first-order chi connectivity index (χ1) is 20.6. The van der Waals surface area contributed by atoms with Gasteiger partial charge in [0.05, 0.1) is 39.8 Å². The van der Waals surface area contributed by atoms with Crippen molar-refractivity contribution >= 4 is 40.4 Å². The summed E-state index contributed by atoms with van der Waals surface area (Å²) in [4.78, 5) is 45.8. The maximum atomic E-state index is 13.8. The number of fused-ring (bicyclic) bond motifs is 3. The van der Waals surface area contributed by atoms with E-state index in [-0.39, 0.29) is 11.7 Å². The van der Waals surface area contributed by atoms with Crippen molar-refractivity contribution in [2.75, 3.05) is 57.8 Å². The first-order valence-corrected chi connectivity index (χ1v) is 15.7. The molecule has 1 unspecified atom stereocenters. The molecular weight excluding hydrogens is 554 g/mol. The van der Waals surface area contributed by atoms with Gasteiger partial charge >= 0.3 is 6.03 Å². The number of ether oxygens (including phenoxy) is 1. The molecule has 4 aliphatic heterocycles. The van der Waals surface area contributed by atoms with Crippen LogP contribution in [0.3, 0.4) is 0 Å². The van der Waals surface area contributed by atoms with E-state index in [9.17, 15) is 14.4 Å². The van der Waals surface area contributed by atoms with Crippen LogP contribution in [0.15, 0.2) is 46.1 Å². The van der Waals surface area contributed by atoms with Gasteiger partial charge in [0.2, 0.25) is 0 Å². The van der Waals surface area contributed by atoms with Crippen molar-refractivity contribution in [3.8, 4) is 0 Å². The van der Waals surface area contributed by atoms with E-state index in [0.29, 0.717) is 59.7 Å². The minimum Gasteiger partial charge on any atom is -0.379 e. The van der Waals surface area contributed by atoms with Gasteiger partial charge in [0, 0.05) is 32.2 Å². The largest absolute Gasteiger partial charge is 0.379 e. The Kier molecular flexibility index (Phi) is 7.61. The lowest BCUT2D eigenvalue weighted by Gasteiger charge is -2.40. The van der Waals surface area contributed by atoms with Crippen molar-refractivity contribution in [1.29, 1.82) is 0 Å². The number of piperidine rings is 2. The Hall–Kier alpha value is -3.45. The van der Waals surface area contributed by atoms with Crippen LogP contribution in [-0.2, 0) is 4.74 Å². The lowest BCUT2D eigenvalue weighted by molar-refractivity contribution is 0.0207. The van der Waals surface area contributed by atoms with Crippen LogP contribution in [0, 0.1) is 0 Å². The standard InChI is InChI=1S/C30H35N7O4S/c38-28-24-20(5-4-6-21(24)31-30(40)34-37-15-17-41-18-16-37)26-25(28)27(33-32-26)22-7-8-23(42-22)29(39)36-13-9-19(10-14-36)35-11-2-1-3-12-35/h4-8,19,26H,1-3,9-18H2,(H2,31,34,40). The lowest BCUT2D eigenvalue weighted by atomic mass is 10.00. The Morgan fingerprint density at radius 2 is 1.74 bits per heavy atom. The minimum atomic E-state index is -0.512. The Bertz CT molecular complexity index is 1450. The number of benzene rings is 1. The van der Waals surface area contributed by atoms with Crippen molar-refractivity contribution in [2.45, 2.75) is 44.2 Å². The van der Waals surface area contributed by atoms with E-state index in [1.54, 1.807) is 11.1 Å². The number of hydrogen-bond donors (Lipinski definition) is 2. The van der Waals surface area contributed by atoms with E-state index >= 15 is 0 Å². The molecule has 1 aromatic carbocycles. The second-order valence-electron chi connectivity index (χ2n) is 11.4. The summed E-state index contributed by atoms with van der Waals surface area (Å²) in [5, 5.41) is 13.5. The van der Waals surface area contributed by atoms with Gasteiger partial charge in [-0.3, -0.25) is 15.0 Å². The molecule has 0 saturated carbocycles. The molecule has 5 aliphatic rings. The normalized spacial score (nSPS) is 23.3. The average molecular weight is 590 g/mol. The highest BCUT2D eigenvalue weighted by molar-refractivity contribution is 7.15. The number of hydrogen-bond acceptors (Lipinski definition) is 9. The lowest BCUT2D eigenvalue weighted by Crippen LogP contribution is -2.49. The third-order valence-electron chi connectivity index (χ3n) is 8.89. The SMILES string of the molecule is O=C(Nc1cccc2c1C(=O)C1=C(c3ccc(C(=O)N4CCC(N5CCCCC5)CC4)s3)N=NC12)NN1CCOCC1. The van der Waals surface area contributed by atoms with Crippen molar-refractivity contribution in [2.24, 2.45) is 10.2 Å². The highest BCUT2D eigenvalue weighted by Crippen LogP contribution is 2.49. The van der Waals surface area contributed by atoms with Crippen LogP contribution in [-0.4, -0.2) is 91.1 Å². The van der Waals surface area contributed by atoms with Gasteiger partial charge in [-0.15, -0.1) is 11.3 Å². The molecule has 3 saturated heterocycles. The Morgan fingerprint density at radius 3 is 2.52 bits per heavy atom. The fourth-order valence-corrected chi connectivity index (χ4v) is 7.67. The van der Waals surface area contributed by atoms with E-state index in [4.69, 9.17) is 4.74 Å². The molecular formula is C30H35N7O4S. The molecule has 1 atom stereocenters. The third-order valence-corrected chi connectivity index (χ3v) is 9.97. The second-order valence-corrected chi connectivity index (χ2v) is 12.5. The first kappa shape index (κ1) is 27.4. The Morgan fingerprint density at radius 1 is 0.952 bits per heavy atom. The molecule has 2 N–H and O–H groups in total. The molecule has 5 heterocycles. The average Bonchev–Trinajstić information content (AvgIpc) is 3.75. The number of morpholine rings is 1. The fraction of sp³-hybridized carbons (Fsp3) is 0.500. The van der Waals surface area contributed by atoms with Gasteiger partial charge in [0.15, 0.2) is 5.78 Å². The summed E-state index contributed by atoms with van der Waals surface area (Å²) in [5.74, 6) is -0.155. The molecule has 42 heavy (non-hydrogen) atoms. The number of likely N-dealkylation sites (tertiary alicyclic amines) is 2. The van der Waals surface area contributed by atoms with Gasteiger partial charge in [-0.2, -0.15) is 10.2 Å². The molecule has 220 valence electrons. The molecule has 11 nitrogen and oxygen atoms in total. The Balaban J connectivity index is 1.05. The topological polar surface area (TPSA) is 119 Å². The molecule has 0 radical (unpaired) electrons. The van der Waals surface area contributed by atoms with Crippen LogP contribution < -0.4 is 10.7 Å². The van der Waals surface area contributed by atoms with Gasteiger partial charge in [-0.05, 0) is 62.5 Å². The molecule has 3 fully saturated rings. The van der Waals surface area contributed by atoms with Crippen LogP contribution >= 0.6 is 11.3 Å². The monoisotopic (exact) mass is 589 g/mol. The summed E-state index contributed by atoms with van der Waals surface area (Å²) in [5.41, 5.74) is 5.43. The van der Waals surface area contributed by atoms with Crippen molar-refractivity contribution in [3.05, 3.63) is 56.8 Å². The molecule has 7 rings (SSSR count). The number of carbonyl (C=O) groups is 3. The zero-order valence-electron chi connectivity index (χ0n) is 23.5. The molecule has 3 amide bonds. The molecule has 1 aliphatic carbocycles. The summed E-state index contributed by atoms with van der Waals surface area (Å²) < 4.78 is 5.33. The number of urea groups is 1. The van der Waals surface area contributed by atoms with Gasteiger partial charge < -0.3 is 19.9 Å². The van der Waals surface area contributed by atoms with Gasteiger partial charge in [-0.1, -0.05) is 18.6 Å². The molecule has 2 aromatic rings. The first-order valence-electron chi connectivity index (χ1n) is 14.9. The van der Waals surface area contributed by atoms with E-state index in [0.717, 1.165) is 36.4 Å². The zero-order chi connectivity index (χ0) is 28.6. The summed E-state index contributed by atoms with van der Waals surface area (Å²) in [7, 11) is 0. The number of nitrogens with zero attached hydrogens (tertiary/aromatic N) is 5. The summed E-state index contributed by atoms with van der Waals surface area (Å²) in [6.45, 7) is 6.20. The quantitative estimate of drug-likeness (QED) is 0.536. The smallest absolute Gasteiger partial charge is 0.333 e. The zero-order valence-corrected chi connectivity index (χ0v) is 24.3. The van der Waals surface area contributed by atoms with E-state index in [1.165, 1.54) is 43.7 Å². The number of hydrazine groups is 1. The van der Waals surface area contributed by atoms with Crippen molar-refractivity contribution in [3.63, 3.8) is 0 Å². The van der Waals surface area contributed by atoms with Gasteiger partial charge in [0.25, 0.3) is 5.91 Å². The number of azo groups is 1. The fourth-order valence-electron chi connectivity index (χ4n) is 6.70. The number of carbonyl (C=O) groups excluding carboxylic acids is 3. The van der Waals surface area contributed by atoms with Crippen LogP contribution in [0.2, 0.25) is 0 Å². The number of ketones is 1. The molecule has 0 bridgehead atoms. The third kappa shape index (κ3) is 5.17. The highest BCUT2D eigenvalue weighted by Gasteiger charge is 2.43. The molecule has 0 spiro atoms. The van der Waals surface area contributed by atoms with E-state index < -0.39 is 12.1 Å². The van der Waals surface area contributed by atoms with Crippen molar-refractivity contribution < 1.29 is 19.1 Å². The van der Waals surface area contributed by atoms with Crippen LogP contribution in [0.1, 0.15) is 68.6 Å². The number of thiophene rings is 1. The predicted octanol–water partition coefficient (Wildman–Crippen LogP) is 4.32. The number of amides is 3. The number of anilines is 1. The second kappa shape index (κ2) is 11.7. The van der Waals surface area contributed by atoms with Gasteiger partial charge in [0.1, 0.15) is 11.7 Å².